The second-order valence-corrected chi connectivity index (χ2v) is 16.7. The highest BCUT2D eigenvalue weighted by Crippen LogP contribution is 2.14. The lowest BCUT2D eigenvalue weighted by molar-refractivity contribution is -0.887. The van der Waals surface area contributed by atoms with E-state index < -0.39 is 18.1 Å². The zero-order chi connectivity index (χ0) is 44.2. The molecule has 0 rings (SSSR count). The molecule has 0 aromatic heterocycles. The number of unbranched alkanes of at least 4 members (excludes halogenated alkanes) is 17. The van der Waals surface area contributed by atoms with E-state index in [0.29, 0.717) is 19.3 Å². The number of carboxylic acids is 1. The third-order valence-electron chi connectivity index (χ3n) is 10.2. The summed E-state index contributed by atoms with van der Waals surface area (Å²) < 4.78 is 17.2. The van der Waals surface area contributed by atoms with Gasteiger partial charge in [-0.05, 0) is 57.8 Å². The topological polar surface area (TPSA) is 99.1 Å². The number of carbonyl (C=O) groups is 3. The summed E-state index contributed by atoms with van der Waals surface area (Å²) in [6.45, 7) is 4.50. The predicted molar refractivity (Wildman–Crippen MR) is 252 cm³/mol. The fraction of sp³-hybridized carbons (Fsp3) is 0.673. The van der Waals surface area contributed by atoms with Gasteiger partial charge in [-0.25, -0.2) is 4.79 Å². The van der Waals surface area contributed by atoms with Crippen molar-refractivity contribution in [2.45, 2.75) is 187 Å². The molecule has 342 valence electrons. The normalized spacial score (nSPS) is 13.7. The quantitative estimate of drug-likeness (QED) is 0.0215. The van der Waals surface area contributed by atoms with E-state index in [1.54, 1.807) is 0 Å². The maximum absolute atomic E-state index is 12.8. The number of likely N-dealkylation sites (N-methyl/N-ethyl adjacent to an activating group) is 1. The zero-order valence-corrected chi connectivity index (χ0v) is 38.9. The van der Waals surface area contributed by atoms with Crippen molar-refractivity contribution in [3.05, 3.63) is 85.1 Å². The lowest BCUT2D eigenvalue weighted by Gasteiger charge is -2.31. The third kappa shape index (κ3) is 39.9. The summed E-state index contributed by atoms with van der Waals surface area (Å²) in [6, 6.07) is -0.631. The van der Waals surface area contributed by atoms with E-state index in [0.717, 1.165) is 51.4 Å². The molecule has 2 atom stereocenters. The standard InChI is InChI=1S/C52H87NO7/c1-6-8-10-12-14-16-18-20-21-22-23-24-25-26-27-28-29-31-33-35-37-39-41-43-51(55)60-48(46-58-45-44-49(52(56)57)53(3,4)5)47-59-50(54)42-40-38-36-34-32-30-19-17-15-13-11-9-7-2/h9,11,13,15,17,19,23-24,26-27,30,32,34,36,48-49H,6-8,10,12,14,16,18,20-22,25,28-29,31,33,35,37-47H2,1-5H3/p+1/b11-9+,15-13+,19-17+,24-23+,27-26+,32-30+,36-34+. The maximum atomic E-state index is 12.8. The Labute approximate surface area is 367 Å². The van der Waals surface area contributed by atoms with Crippen LogP contribution in [0.25, 0.3) is 0 Å². The molecule has 0 radical (unpaired) electrons. The minimum Gasteiger partial charge on any atom is -0.477 e. The van der Waals surface area contributed by atoms with Crippen LogP contribution in [0.4, 0.5) is 0 Å². The molecular formula is C52H88NO7+. The smallest absolute Gasteiger partial charge is 0.362 e. The number of quaternary nitrogens is 1. The second-order valence-electron chi connectivity index (χ2n) is 16.7. The van der Waals surface area contributed by atoms with Crippen molar-refractivity contribution in [1.29, 1.82) is 0 Å². The van der Waals surface area contributed by atoms with Gasteiger partial charge < -0.3 is 23.8 Å². The Kier molecular flexibility index (Phi) is 39.8. The summed E-state index contributed by atoms with van der Waals surface area (Å²) in [7, 11) is 5.49. The van der Waals surface area contributed by atoms with Crippen LogP contribution in [-0.2, 0) is 28.6 Å². The van der Waals surface area contributed by atoms with Crippen LogP contribution in [0.1, 0.15) is 174 Å². The zero-order valence-electron chi connectivity index (χ0n) is 38.9. The van der Waals surface area contributed by atoms with Gasteiger partial charge in [-0.2, -0.15) is 0 Å². The summed E-state index contributed by atoms with van der Waals surface area (Å²) in [4.78, 5) is 37.0. The highest BCUT2D eigenvalue weighted by Gasteiger charge is 2.31. The Morgan fingerprint density at radius 3 is 1.55 bits per heavy atom. The molecule has 0 aliphatic carbocycles. The highest BCUT2D eigenvalue weighted by atomic mass is 16.6. The van der Waals surface area contributed by atoms with Crippen LogP contribution in [-0.4, -0.2) is 80.6 Å². The molecule has 60 heavy (non-hydrogen) atoms. The monoisotopic (exact) mass is 839 g/mol. The van der Waals surface area contributed by atoms with Crippen molar-refractivity contribution < 1.29 is 38.2 Å². The Morgan fingerprint density at radius 1 is 0.533 bits per heavy atom. The van der Waals surface area contributed by atoms with Gasteiger partial charge in [0.15, 0.2) is 12.1 Å². The molecule has 2 unspecified atom stereocenters. The summed E-state index contributed by atoms with van der Waals surface area (Å²) in [5.74, 6) is -1.58. The summed E-state index contributed by atoms with van der Waals surface area (Å²) in [5, 5.41) is 9.63. The van der Waals surface area contributed by atoms with Gasteiger partial charge in [-0.3, -0.25) is 9.59 Å². The molecule has 1 N–H and O–H groups in total. The van der Waals surface area contributed by atoms with E-state index in [1.165, 1.54) is 83.5 Å². The van der Waals surface area contributed by atoms with Gasteiger partial charge in [-0.15, -0.1) is 0 Å². The second kappa shape index (κ2) is 42.2. The van der Waals surface area contributed by atoms with E-state index in [1.807, 2.05) is 75.8 Å². The van der Waals surface area contributed by atoms with Crippen LogP contribution < -0.4 is 0 Å². The number of aliphatic carboxylic acids is 1. The molecule has 0 fully saturated rings. The molecule has 8 heteroatoms. The largest absolute Gasteiger partial charge is 0.477 e. The molecular weight excluding hydrogens is 751 g/mol. The Balaban J connectivity index is 4.35. The van der Waals surface area contributed by atoms with Gasteiger partial charge in [0.05, 0.1) is 34.4 Å². The van der Waals surface area contributed by atoms with Crippen LogP contribution in [0.2, 0.25) is 0 Å². The number of ether oxygens (including phenoxy) is 3. The first kappa shape index (κ1) is 56.5. The lowest BCUT2D eigenvalue weighted by Crippen LogP contribution is -2.50. The number of esters is 2. The van der Waals surface area contributed by atoms with Crippen LogP contribution in [0.3, 0.4) is 0 Å². The fourth-order valence-corrected chi connectivity index (χ4v) is 6.50. The first-order valence-electron chi connectivity index (χ1n) is 23.7. The molecule has 8 nitrogen and oxygen atoms in total. The van der Waals surface area contributed by atoms with E-state index in [9.17, 15) is 19.5 Å². The SMILES string of the molecule is CC/C=C/C=C/C=C/C=C/C=C/CCCC(=O)OCC(COCCC(C(=O)O)[N+](C)(C)C)OC(=O)CCCCCCCCC/C=C/C/C=C/CCCCCCCCCCC. The van der Waals surface area contributed by atoms with Crippen molar-refractivity contribution in [2.24, 2.45) is 0 Å². The first-order chi connectivity index (χ1) is 29.1. The summed E-state index contributed by atoms with van der Waals surface area (Å²) in [5.41, 5.74) is 0. The molecule has 0 amide bonds. The van der Waals surface area contributed by atoms with Crippen LogP contribution >= 0.6 is 0 Å². The molecule has 0 saturated heterocycles. The van der Waals surface area contributed by atoms with Crippen molar-refractivity contribution in [3.8, 4) is 0 Å². The number of carbonyl (C=O) groups excluding carboxylic acids is 2. The number of carboxylic acid groups (broad SMARTS) is 1. The molecule has 0 aromatic carbocycles. The molecule has 0 aliphatic rings. The Bertz CT molecular complexity index is 1250. The van der Waals surface area contributed by atoms with Crippen LogP contribution in [0, 0.1) is 0 Å². The van der Waals surface area contributed by atoms with Gasteiger partial charge in [0.1, 0.15) is 6.61 Å². The minimum absolute atomic E-state index is 0.0303. The summed E-state index contributed by atoms with van der Waals surface area (Å²) in [6.07, 6.45) is 55.1. The van der Waals surface area contributed by atoms with Crippen molar-refractivity contribution in [2.75, 3.05) is 41.0 Å². The summed E-state index contributed by atoms with van der Waals surface area (Å²) >= 11 is 0. The van der Waals surface area contributed by atoms with Crippen LogP contribution in [0.5, 0.6) is 0 Å². The van der Waals surface area contributed by atoms with Gasteiger partial charge >= 0.3 is 17.9 Å². The average molecular weight is 839 g/mol. The predicted octanol–water partition coefficient (Wildman–Crippen LogP) is 13.3. The van der Waals surface area contributed by atoms with E-state index >= 15 is 0 Å². The van der Waals surface area contributed by atoms with Crippen molar-refractivity contribution in [1.82, 2.24) is 0 Å². The minimum atomic E-state index is -0.889. The number of hydrogen-bond donors (Lipinski definition) is 1. The van der Waals surface area contributed by atoms with Gasteiger partial charge in [-0.1, -0.05) is 182 Å². The van der Waals surface area contributed by atoms with Crippen molar-refractivity contribution >= 4 is 17.9 Å². The van der Waals surface area contributed by atoms with E-state index in [2.05, 4.69) is 44.2 Å². The number of rotatable bonds is 41. The first-order valence-corrected chi connectivity index (χ1v) is 23.7. The van der Waals surface area contributed by atoms with Gasteiger partial charge in [0.25, 0.3) is 0 Å². The molecule has 0 aromatic rings. The number of hydrogen-bond acceptors (Lipinski definition) is 6. The third-order valence-corrected chi connectivity index (χ3v) is 10.2. The highest BCUT2D eigenvalue weighted by molar-refractivity contribution is 5.72. The molecule has 0 saturated carbocycles. The number of allylic oxidation sites excluding steroid dienone is 14. The van der Waals surface area contributed by atoms with Gasteiger partial charge in [0.2, 0.25) is 0 Å². The van der Waals surface area contributed by atoms with E-state index in [4.69, 9.17) is 14.2 Å². The fourth-order valence-electron chi connectivity index (χ4n) is 6.50. The molecule has 0 heterocycles. The van der Waals surface area contributed by atoms with Gasteiger partial charge in [0, 0.05) is 19.3 Å². The molecule has 0 spiro atoms. The molecule has 0 aliphatic heterocycles. The number of nitrogens with zero attached hydrogens (tertiary/aromatic N) is 1. The maximum Gasteiger partial charge on any atom is 0.362 e. The lowest BCUT2D eigenvalue weighted by atomic mass is 10.1. The molecule has 0 bridgehead atoms. The average Bonchev–Trinajstić information content (AvgIpc) is 3.21. The van der Waals surface area contributed by atoms with Crippen LogP contribution in [0.15, 0.2) is 85.1 Å². The van der Waals surface area contributed by atoms with E-state index in [-0.39, 0.29) is 42.7 Å². The Hall–Kier alpha value is -3.49. The van der Waals surface area contributed by atoms with Crippen molar-refractivity contribution in [3.63, 3.8) is 0 Å². The Morgan fingerprint density at radius 2 is 1.02 bits per heavy atom.